The molecule has 9 heteroatoms. The van der Waals surface area contributed by atoms with Gasteiger partial charge in [-0.2, -0.15) is 0 Å². The lowest BCUT2D eigenvalue weighted by molar-refractivity contribution is 0.208. The molecule has 2 amide bonds. The lowest BCUT2D eigenvalue weighted by atomic mass is 10.0. The Balaban J connectivity index is 0.00000148. The zero-order chi connectivity index (χ0) is 25.7. The summed E-state index contributed by atoms with van der Waals surface area (Å²) in [4.78, 5) is 16.2. The zero-order valence-electron chi connectivity index (χ0n) is 20.0. The van der Waals surface area contributed by atoms with Crippen LogP contribution in [0.4, 0.5) is 29.5 Å². The highest BCUT2D eigenvalue weighted by Gasteiger charge is 2.24. The predicted molar refractivity (Wildman–Crippen MR) is 135 cm³/mol. The van der Waals surface area contributed by atoms with E-state index in [9.17, 15) is 18.0 Å². The van der Waals surface area contributed by atoms with E-state index in [1.165, 1.54) is 18.2 Å². The number of hydrogen-bond donors (Lipinski definition) is 1. The smallest absolute Gasteiger partial charge is 0.322 e. The van der Waals surface area contributed by atoms with Crippen molar-refractivity contribution in [3.05, 3.63) is 84.2 Å². The summed E-state index contributed by atoms with van der Waals surface area (Å²) in [5.41, 5.74) is 1.37. The molecular weight excluding hydrogens is 467 g/mol. The monoisotopic (exact) mass is 493 g/mol. The molecule has 2 heterocycles. The number of carbonyl (C=O) groups excluding carboxylic acids is 1. The molecule has 1 fully saturated rings. The molecule has 4 aromatic rings. The fourth-order valence-corrected chi connectivity index (χ4v) is 4.05. The van der Waals surface area contributed by atoms with Gasteiger partial charge < -0.3 is 15.1 Å². The number of piperazine rings is 1. The van der Waals surface area contributed by atoms with Crippen LogP contribution in [-0.2, 0) is 0 Å². The Morgan fingerprint density at radius 3 is 2.11 bits per heavy atom. The largest absolute Gasteiger partial charge is 0.351 e. The molecule has 0 unspecified atom stereocenters. The SMILES string of the molecule is CC.O=C(Nc1ccc(F)cc1F)N1CCN(c2nnc(-c3ccc(F)cc3)c3ccccc23)CC1. The molecule has 0 spiro atoms. The number of hydrogen-bond acceptors (Lipinski definition) is 4. The van der Waals surface area contributed by atoms with E-state index < -0.39 is 17.7 Å². The Bertz CT molecular complexity index is 1360. The highest BCUT2D eigenvalue weighted by Crippen LogP contribution is 2.32. The first-order valence-corrected chi connectivity index (χ1v) is 11.8. The van der Waals surface area contributed by atoms with Crippen LogP contribution in [0.3, 0.4) is 0 Å². The molecule has 1 N–H and O–H groups in total. The van der Waals surface area contributed by atoms with Crippen LogP contribution in [0.2, 0.25) is 0 Å². The minimum atomic E-state index is -0.824. The second-order valence-electron chi connectivity index (χ2n) is 7.95. The number of fused-ring (bicyclic) bond motifs is 1. The molecule has 186 valence electrons. The van der Waals surface area contributed by atoms with E-state index in [4.69, 9.17) is 0 Å². The number of nitrogens with one attached hydrogen (secondary N) is 1. The van der Waals surface area contributed by atoms with Gasteiger partial charge in [0.05, 0.1) is 5.69 Å². The van der Waals surface area contributed by atoms with Crippen LogP contribution in [0.1, 0.15) is 13.8 Å². The summed E-state index contributed by atoms with van der Waals surface area (Å²) < 4.78 is 40.3. The van der Waals surface area contributed by atoms with Crippen LogP contribution in [0.15, 0.2) is 66.7 Å². The van der Waals surface area contributed by atoms with Gasteiger partial charge in [-0.3, -0.25) is 0 Å². The second-order valence-corrected chi connectivity index (χ2v) is 7.95. The van der Waals surface area contributed by atoms with Crippen molar-refractivity contribution in [2.45, 2.75) is 13.8 Å². The van der Waals surface area contributed by atoms with E-state index in [0.29, 0.717) is 37.7 Å². The van der Waals surface area contributed by atoms with Gasteiger partial charge in [0.1, 0.15) is 23.1 Å². The maximum atomic E-state index is 13.9. The fraction of sp³-hybridized carbons (Fsp3) is 0.222. The normalized spacial score (nSPS) is 13.2. The molecule has 36 heavy (non-hydrogen) atoms. The Kier molecular flexibility index (Phi) is 7.68. The Morgan fingerprint density at radius 2 is 1.44 bits per heavy atom. The Morgan fingerprint density at radius 1 is 0.806 bits per heavy atom. The van der Waals surface area contributed by atoms with Crippen molar-refractivity contribution in [2.24, 2.45) is 0 Å². The van der Waals surface area contributed by atoms with E-state index in [1.807, 2.05) is 43.0 Å². The minimum Gasteiger partial charge on any atom is -0.351 e. The third kappa shape index (κ3) is 5.25. The molecule has 0 bridgehead atoms. The van der Waals surface area contributed by atoms with Crippen molar-refractivity contribution in [3.63, 3.8) is 0 Å². The predicted octanol–water partition coefficient (Wildman–Crippen LogP) is 6.09. The molecule has 1 aliphatic rings. The fourth-order valence-electron chi connectivity index (χ4n) is 4.05. The van der Waals surface area contributed by atoms with Gasteiger partial charge in [-0.15, -0.1) is 10.2 Å². The summed E-state index contributed by atoms with van der Waals surface area (Å²) in [6, 6.07) is 16.4. The zero-order valence-corrected chi connectivity index (χ0v) is 20.0. The van der Waals surface area contributed by atoms with E-state index in [2.05, 4.69) is 15.5 Å². The molecule has 6 nitrogen and oxygen atoms in total. The average molecular weight is 494 g/mol. The van der Waals surface area contributed by atoms with Gasteiger partial charge in [-0.25, -0.2) is 18.0 Å². The van der Waals surface area contributed by atoms with Crippen LogP contribution < -0.4 is 10.2 Å². The molecule has 0 atom stereocenters. The van der Waals surface area contributed by atoms with Crippen molar-refractivity contribution in [2.75, 3.05) is 36.4 Å². The molecule has 1 saturated heterocycles. The number of aromatic nitrogens is 2. The van der Waals surface area contributed by atoms with Crippen molar-refractivity contribution < 1.29 is 18.0 Å². The van der Waals surface area contributed by atoms with E-state index in [1.54, 1.807) is 17.0 Å². The maximum Gasteiger partial charge on any atom is 0.322 e. The standard InChI is InChI=1S/C25H20F3N5O.C2H6/c26-17-7-5-16(6-8-17)23-19-3-1-2-4-20(19)24(31-30-23)32-11-13-33(14-12-32)25(34)29-22-10-9-18(27)15-21(22)28;1-2/h1-10,15H,11-14H2,(H,29,34);1-2H3. The highest BCUT2D eigenvalue weighted by molar-refractivity contribution is 6.00. The van der Waals surface area contributed by atoms with Gasteiger partial charge in [-0.05, 0) is 36.4 Å². The molecule has 0 saturated carbocycles. The number of carbonyl (C=O) groups is 1. The van der Waals surface area contributed by atoms with Crippen molar-refractivity contribution in [1.82, 2.24) is 15.1 Å². The number of urea groups is 1. The lowest BCUT2D eigenvalue weighted by Crippen LogP contribution is -2.50. The number of rotatable bonds is 3. The Labute approximate surface area is 207 Å². The van der Waals surface area contributed by atoms with Crippen LogP contribution in [0, 0.1) is 17.5 Å². The molecule has 1 aromatic heterocycles. The quantitative estimate of drug-likeness (QED) is 0.375. The molecule has 0 aliphatic carbocycles. The topological polar surface area (TPSA) is 61.4 Å². The number of amides is 2. The first kappa shape index (κ1) is 25.0. The molecule has 5 rings (SSSR count). The summed E-state index contributed by atoms with van der Waals surface area (Å²) in [5.74, 6) is -1.15. The van der Waals surface area contributed by atoms with Crippen LogP contribution in [0.5, 0.6) is 0 Å². The minimum absolute atomic E-state index is 0.0675. The second kappa shape index (κ2) is 11.1. The molecule has 3 aromatic carbocycles. The van der Waals surface area contributed by atoms with Crippen LogP contribution >= 0.6 is 0 Å². The van der Waals surface area contributed by atoms with Crippen molar-refractivity contribution in [1.29, 1.82) is 0 Å². The third-order valence-corrected chi connectivity index (χ3v) is 5.82. The first-order chi connectivity index (χ1) is 17.5. The van der Waals surface area contributed by atoms with Crippen LogP contribution in [-0.4, -0.2) is 47.3 Å². The van der Waals surface area contributed by atoms with Gasteiger partial charge in [0.2, 0.25) is 0 Å². The summed E-state index contributed by atoms with van der Waals surface area (Å²) in [6.07, 6.45) is 0. The molecule has 0 radical (unpaired) electrons. The van der Waals surface area contributed by atoms with Crippen molar-refractivity contribution in [3.8, 4) is 11.3 Å². The van der Waals surface area contributed by atoms with Gasteiger partial charge in [-0.1, -0.05) is 38.1 Å². The summed E-state index contributed by atoms with van der Waals surface area (Å²) in [5, 5.41) is 13.2. The molecular formula is C27H26F3N5O. The van der Waals surface area contributed by atoms with Crippen LogP contribution in [0.25, 0.3) is 22.0 Å². The maximum absolute atomic E-state index is 13.9. The number of anilines is 2. The van der Waals surface area contributed by atoms with Gasteiger partial charge in [0, 0.05) is 48.6 Å². The van der Waals surface area contributed by atoms with Gasteiger partial charge >= 0.3 is 6.03 Å². The van der Waals surface area contributed by atoms with Gasteiger partial charge in [0.15, 0.2) is 5.82 Å². The highest BCUT2D eigenvalue weighted by atomic mass is 19.1. The van der Waals surface area contributed by atoms with E-state index in [0.717, 1.165) is 28.5 Å². The average Bonchev–Trinajstić information content (AvgIpc) is 2.91. The van der Waals surface area contributed by atoms with Gasteiger partial charge in [0.25, 0.3) is 0 Å². The lowest BCUT2D eigenvalue weighted by Gasteiger charge is -2.35. The van der Waals surface area contributed by atoms with Crippen molar-refractivity contribution >= 4 is 28.3 Å². The van der Waals surface area contributed by atoms with E-state index in [-0.39, 0.29) is 11.5 Å². The summed E-state index contributed by atoms with van der Waals surface area (Å²) in [6.45, 7) is 5.80. The first-order valence-electron chi connectivity index (χ1n) is 11.8. The Hall–Kier alpha value is -4.14. The van der Waals surface area contributed by atoms with E-state index >= 15 is 0 Å². The number of benzene rings is 3. The third-order valence-electron chi connectivity index (χ3n) is 5.82. The number of nitrogens with zero attached hydrogens (tertiary/aromatic N) is 4. The summed E-state index contributed by atoms with van der Waals surface area (Å²) >= 11 is 0. The molecule has 1 aliphatic heterocycles. The number of halogens is 3. The summed E-state index contributed by atoms with van der Waals surface area (Å²) in [7, 11) is 0.